The monoisotopic (exact) mass is 465 g/mol. The lowest BCUT2D eigenvalue weighted by Crippen LogP contribution is -2.01. The normalized spacial score (nSPS) is 10.1. The molecule has 0 aliphatic heterocycles. The van der Waals surface area contributed by atoms with Gasteiger partial charge in [-0.25, -0.2) is 4.79 Å². The molecule has 9 heteroatoms. The molecule has 0 bridgehead atoms. The molecule has 0 saturated heterocycles. The highest BCUT2D eigenvalue weighted by atomic mass is 16.5. The van der Waals surface area contributed by atoms with Gasteiger partial charge in [0.1, 0.15) is 11.6 Å². The van der Waals surface area contributed by atoms with Gasteiger partial charge in [0.25, 0.3) is 0 Å². The van der Waals surface area contributed by atoms with Crippen LogP contribution >= 0.6 is 0 Å². The van der Waals surface area contributed by atoms with Crippen molar-refractivity contribution in [1.82, 2.24) is 0 Å². The molecule has 9 nitrogen and oxygen atoms in total. The van der Waals surface area contributed by atoms with Crippen molar-refractivity contribution < 1.29 is 39.2 Å². The number of nitrogens with zero attached hydrogens (tertiary/aromatic N) is 1. The third-order valence-electron chi connectivity index (χ3n) is 4.07. The van der Waals surface area contributed by atoms with Crippen molar-refractivity contribution in [3.63, 3.8) is 0 Å². The van der Waals surface area contributed by atoms with Gasteiger partial charge in [-0.05, 0) is 47.5 Å². The van der Waals surface area contributed by atoms with Crippen LogP contribution in [0.15, 0.2) is 60.7 Å². The molecule has 0 unspecified atom stereocenters. The number of methoxy groups -OCH3 is 2. The van der Waals surface area contributed by atoms with E-state index in [0.29, 0.717) is 22.6 Å². The first-order valence-corrected chi connectivity index (χ1v) is 9.59. The Labute approximate surface area is 196 Å². The van der Waals surface area contributed by atoms with Crippen molar-refractivity contribution in [1.29, 1.82) is 5.26 Å². The second-order valence-electron chi connectivity index (χ2n) is 6.53. The molecule has 0 aliphatic rings. The molecule has 0 atom stereocenters. The number of phenolic OH excluding ortho intramolecular Hbond substituents is 2. The summed E-state index contributed by atoms with van der Waals surface area (Å²) in [6, 6.07) is 10.7. The molecule has 0 amide bonds. The Morgan fingerprint density at radius 2 is 1.32 bits per heavy atom. The highest BCUT2D eigenvalue weighted by Crippen LogP contribution is 2.27. The summed E-state index contributed by atoms with van der Waals surface area (Å²) < 4.78 is 10.00. The van der Waals surface area contributed by atoms with Crippen molar-refractivity contribution in [3.05, 3.63) is 71.8 Å². The van der Waals surface area contributed by atoms with Crippen LogP contribution in [0.2, 0.25) is 0 Å². The predicted molar refractivity (Wildman–Crippen MR) is 124 cm³/mol. The van der Waals surface area contributed by atoms with Gasteiger partial charge in [-0.1, -0.05) is 30.9 Å². The van der Waals surface area contributed by atoms with Crippen LogP contribution in [0.4, 0.5) is 0 Å². The van der Waals surface area contributed by atoms with E-state index in [-0.39, 0.29) is 29.5 Å². The average Bonchev–Trinajstić information content (AvgIpc) is 2.82. The van der Waals surface area contributed by atoms with E-state index in [0.717, 1.165) is 0 Å². The van der Waals surface area contributed by atoms with E-state index in [1.807, 2.05) is 0 Å². The van der Waals surface area contributed by atoms with Crippen LogP contribution in [0.3, 0.4) is 0 Å². The van der Waals surface area contributed by atoms with E-state index in [9.17, 15) is 24.6 Å². The maximum absolute atomic E-state index is 11.9. The van der Waals surface area contributed by atoms with E-state index < -0.39 is 11.5 Å². The summed E-state index contributed by atoms with van der Waals surface area (Å²) in [6.07, 6.45) is 5.44. The van der Waals surface area contributed by atoms with Gasteiger partial charge in [0.05, 0.1) is 20.6 Å². The first-order valence-electron chi connectivity index (χ1n) is 9.59. The fourth-order valence-corrected chi connectivity index (χ4v) is 2.31. The van der Waals surface area contributed by atoms with Crippen LogP contribution in [0.1, 0.15) is 17.5 Å². The summed E-state index contributed by atoms with van der Waals surface area (Å²) in [4.78, 5) is 33.5. The first-order chi connectivity index (χ1) is 16.1. The minimum absolute atomic E-state index is 0.00662. The van der Waals surface area contributed by atoms with Crippen LogP contribution in [0.25, 0.3) is 12.2 Å². The number of rotatable bonds is 9. The number of carboxylic acids is 1. The molecule has 0 fully saturated rings. The lowest BCUT2D eigenvalue weighted by atomic mass is 10.1. The van der Waals surface area contributed by atoms with Crippen molar-refractivity contribution >= 4 is 29.7 Å². The maximum Gasteiger partial charge on any atom is 0.345 e. The molecule has 0 spiro atoms. The number of aromatic hydroxyl groups is 2. The molecule has 0 aliphatic carbocycles. The first kappa shape index (κ1) is 27.2. The minimum atomic E-state index is -1.26. The molecular weight excluding hydrogens is 442 g/mol. The molecule has 2 aromatic rings. The topological polar surface area (TPSA) is 154 Å². The molecule has 0 heterocycles. The van der Waals surface area contributed by atoms with Gasteiger partial charge in [0.2, 0.25) is 0 Å². The zero-order valence-corrected chi connectivity index (χ0v) is 18.5. The quantitative estimate of drug-likeness (QED) is 0.287. The molecule has 176 valence electrons. The Bertz CT molecular complexity index is 1100. The summed E-state index contributed by atoms with van der Waals surface area (Å²) in [6.45, 7) is 2.91. The third kappa shape index (κ3) is 9.11. The molecule has 0 radical (unpaired) electrons. The lowest BCUT2D eigenvalue weighted by Gasteiger charge is -2.03. The third-order valence-corrected chi connectivity index (χ3v) is 4.07. The van der Waals surface area contributed by atoms with E-state index in [1.165, 1.54) is 44.6 Å². The largest absolute Gasteiger partial charge is 0.504 e. The van der Waals surface area contributed by atoms with E-state index in [1.54, 1.807) is 36.4 Å². The van der Waals surface area contributed by atoms with Gasteiger partial charge in [0.15, 0.2) is 34.6 Å². The highest BCUT2D eigenvalue weighted by Gasteiger charge is 2.06. The van der Waals surface area contributed by atoms with Crippen molar-refractivity contribution in [2.24, 2.45) is 0 Å². The van der Waals surface area contributed by atoms with Gasteiger partial charge in [-0.15, -0.1) is 0 Å². The maximum atomic E-state index is 11.9. The van der Waals surface area contributed by atoms with Crippen LogP contribution in [0, 0.1) is 11.3 Å². The van der Waals surface area contributed by atoms with E-state index >= 15 is 0 Å². The van der Waals surface area contributed by atoms with Crippen molar-refractivity contribution in [2.45, 2.75) is 6.42 Å². The average molecular weight is 465 g/mol. The number of allylic oxidation sites excluding steroid dienone is 2. The summed E-state index contributed by atoms with van der Waals surface area (Å²) >= 11 is 0. The fourth-order valence-electron chi connectivity index (χ4n) is 2.31. The second-order valence-corrected chi connectivity index (χ2v) is 6.53. The number of phenols is 2. The Morgan fingerprint density at radius 3 is 1.62 bits per heavy atom. The number of hydrogen-bond acceptors (Lipinski definition) is 8. The lowest BCUT2D eigenvalue weighted by molar-refractivity contribution is -0.132. The standard InChI is InChI=1S/C21H20O6.C4H3NO2/c1-26-20-11-14(5-9-18(20)24)3-7-16(22)13-17(23)8-4-15-6-10-19(25)21(12-15)27-2;1-3(2-5)4(6)7/h3-12,24-25H,13H2,1-2H3;1H2,(H,6,7)/b7-3+,8-4+;. The van der Waals surface area contributed by atoms with Gasteiger partial charge < -0.3 is 24.8 Å². The smallest absolute Gasteiger partial charge is 0.345 e. The van der Waals surface area contributed by atoms with Crippen molar-refractivity contribution in [3.8, 4) is 29.1 Å². The van der Waals surface area contributed by atoms with Crippen LogP contribution in [-0.4, -0.2) is 47.1 Å². The molecular formula is C25H23NO8. The number of carbonyl (C=O) groups excluding carboxylic acids is 2. The van der Waals surface area contributed by atoms with E-state index in [2.05, 4.69) is 6.58 Å². The number of carbonyl (C=O) groups is 3. The zero-order chi connectivity index (χ0) is 25.7. The minimum Gasteiger partial charge on any atom is -0.504 e. The number of ketones is 2. The number of benzene rings is 2. The van der Waals surface area contributed by atoms with Gasteiger partial charge in [-0.3, -0.25) is 9.59 Å². The number of nitriles is 1. The summed E-state index contributed by atoms with van der Waals surface area (Å²) in [5, 5.41) is 34.7. The molecule has 2 rings (SSSR count). The van der Waals surface area contributed by atoms with Crippen LogP contribution in [-0.2, 0) is 14.4 Å². The molecule has 0 aromatic heterocycles. The number of carboxylic acid groups (broad SMARTS) is 1. The van der Waals surface area contributed by atoms with Crippen LogP contribution in [0.5, 0.6) is 23.0 Å². The Balaban J connectivity index is 0.000000718. The molecule has 3 N–H and O–H groups in total. The summed E-state index contributed by atoms with van der Waals surface area (Å²) in [5.74, 6) is -1.34. The second kappa shape index (κ2) is 13.5. The number of aliphatic carboxylic acids is 1. The highest BCUT2D eigenvalue weighted by molar-refractivity contribution is 6.10. The van der Waals surface area contributed by atoms with Gasteiger partial charge >= 0.3 is 5.97 Å². The van der Waals surface area contributed by atoms with Crippen molar-refractivity contribution in [2.75, 3.05) is 14.2 Å². The Morgan fingerprint density at radius 1 is 0.912 bits per heavy atom. The van der Waals surface area contributed by atoms with Gasteiger partial charge in [-0.2, -0.15) is 5.26 Å². The summed E-state index contributed by atoms with van der Waals surface area (Å²) in [5.41, 5.74) is 0.898. The molecule has 2 aromatic carbocycles. The number of hydrogen-bond donors (Lipinski definition) is 3. The van der Waals surface area contributed by atoms with E-state index in [4.69, 9.17) is 19.8 Å². The fraction of sp³-hybridized carbons (Fsp3) is 0.120. The Hall–Kier alpha value is -4.84. The predicted octanol–water partition coefficient (Wildman–Crippen LogP) is 3.52. The molecule has 0 saturated carbocycles. The van der Waals surface area contributed by atoms with Gasteiger partial charge in [0, 0.05) is 0 Å². The van der Waals surface area contributed by atoms with Crippen LogP contribution < -0.4 is 9.47 Å². The summed E-state index contributed by atoms with van der Waals surface area (Å²) in [7, 11) is 2.87. The zero-order valence-electron chi connectivity index (χ0n) is 18.5. The number of ether oxygens (including phenoxy) is 2. The molecule has 34 heavy (non-hydrogen) atoms. The Kier molecular flexibility index (Phi) is 10.8. The SMILES string of the molecule is C=C(C#N)C(=O)O.COc1cc(/C=C/C(=O)CC(=O)/C=C/c2ccc(O)c(OC)c2)ccc1O.